The second-order valence-corrected chi connectivity index (χ2v) is 6.21. The minimum atomic E-state index is -0.636. The van der Waals surface area contributed by atoms with Crippen LogP contribution in [0.25, 0.3) is 0 Å². The third-order valence-electron chi connectivity index (χ3n) is 4.77. The van der Waals surface area contributed by atoms with Gasteiger partial charge in [0.15, 0.2) is 6.61 Å². The van der Waals surface area contributed by atoms with Gasteiger partial charge in [0.1, 0.15) is 11.4 Å². The molecule has 0 amide bonds. The lowest BCUT2D eigenvalue weighted by Gasteiger charge is -2.54. The fourth-order valence-electron chi connectivity index (χ4n) is 4.26. The molecule has 4 fully saturated rings. The lowest BCUT2D eigenvalue weighted by atomic mass is 9.53. The standard InChI is InChI=1S/C15H18O5/c1-2-12(16)19-8-13(17)20-15-5-9-3-10(6-15)14(18)11(4-9)7-15/h2,9-11H,1,3-8H2. The van der Waals surface area contributed by atoms with E-state index in [1.165, 1.54) is 0 Å². The van der Waals surface area contributed by atoms with Gasteiger partial charge in [-0.15, -0.1) is 0 Å². The van der Waals surface area contributed by atoms with Crippen LogP contribution in [0, 0.1) is 17.8 Å². The topological polar surface area (TPSA) is 69.7 Å². The van der Waals surface area contributed by atoms with Crippen molar-refractivity contribution in [3.8, 4) is 0 Å². The molecule has 0 N–H and O–H groups in total. The summed E-state index contributed by atoms with van der Waals surface area (Å²) in [6.45, 7) is 2.87. The zero-order valence-electron chi connectivity index (χ0n) is 11.3. The Kier molecular flexibility index (Phi) is 3.15. The van der Waals surface area contributed by atoms with Crippen LogP contribution in [-0.4, -0.2) is 29.9 Å². The molecule has 0 aromatic heterocycles. The molecule has 0 heterocycles. The largest absolute Gasteiger partial charge is 0.456 e. The fourth-order valence-corrected chi connectivity index (χ4v) is 4.26. The molecule has 20 heavy (non-hydrogen) atoms. The Hall–Kier alpha value is -1.65. The quantitative estimate of drug-likeness (QED) is 0.574. The molecule has 2 unspecified atom stereocenters. The molecule has 0 spiro atoms. The van der Waals surface area contributed by atoms with E-state index >= 15 is 0 Å². The zero-order valence-corrected chi connectivity index (χ0v) is 11.3. The molecule has 2 atom stereocenters. The lowest BCUT2D eigenvalue weighted by molar-refractivity contribution is -0.193. The molecule has 4 aliphatic carbocycles. The molecule has 108 valence electrons. The number of ether oxygens (including phenoxy) is 2. The third kappa shape index (κ3) is 2.25. The summed E-state index contributed by atoms with van der Waals surface area (Å²) >= 11 is 0. The Balaban J connectivity index is 1.63. The summed E-state index contributed by atoms with van der Waals surface area (Å²) in [5.41, 5.74) is -0.498. The van der Waals surface area contributed by atoms with Gasteiger partial charge < -0.3 is 9.47 Å². The first-order valence-electron chi connectivity index (χ1n) is 7.06. The van der Waals surface area contributed by atoms with Gasteiger partial charge in [-0.2, -0.15) is 0 Å². The molecule has 0 aromatic rings. The maximum Gasteiger partial charge on any atom is 0.344 e. The molecular formula is C15H18O5. The molecule has 5 heteroatoms. The van der Waals surface area contributed by atoms with Crippen LogP contribution < -0.4 is 0 Å². The van der Waals surface area contributed by atoms with E-state index in [0.717, 1.165) is 25.3 Å². The van der Waals surface area contributed by atoms with Crippen LogP contribution in [-0.2, 0) is 23.9 Å². The van der Waals surface area contributed by atoms with E-state index in [0.29, 0.717) is 24.5 Å². The highest BCUT2D eigenvalue weighted by Gasteiger charge is 2.57. The van der Waals surface area contributed by atoms with Gasteiger partial charge in [-0.25, -0.2) is 9.59 Å². The van der Waals surface area contributed by atoms with Crippen LogP contribution in [0.1, 0.15) is 32.1 Å². The van der Waals surface area contributed by atoms with E-state index in [2.05, 4.69) is 11.3 Å². The summed E-state index contributed by atoms with van der Waals surface area (Å²) < 4.78 is 10.3. The third-order valence-corrected chi connectivity index (χ3v) is 4.77. The Morgan fingerprint density at radius 1 is 1.25 bits per heavy atom. The second kappa shape index (κ2) is 4.72. The van der Waals surface area contributed by atoms with Crippen molar-refractivity contribution in [2.75, 3.05) is 6.61 Å². The summed E-state index contributed by atoms with van der Waals surface area (Å²) in [5, 5.41) is 0. The van der Waals surface area contributed by atoms with E-state index in [1.807, 2.05) is 0 Å². The minimum absolute atomic E-state index is 0.0600. The van der Waals surface area contributed by atoms with Gasteiger partial charge in [-0.05, 0) is 38.0 Å². The van der Waals surface area contributed by atoms with Crippen LogP contribution >= 0.6 is 0 Å². The van der Waals surface area contributed by atoms with Gasteiger partial charge >= 0.3 is 11.9 Å². The number of carbonyl (C=O) groups excluding carboxylic acids is 3. The monoisotopic (exact) mass is 278 g/mol. The van der Waals surface area contributed by atoms with Crippen LogP contribution in [0.2, 0.25) is 0 Å². The van der Waals surface area contributed by atoms with Crippen molar-refractivity contribution >= 4 is 17.7 Å². The fraction of sp³-hybridized carbons (Fsp3) is 0.667. The molecule has 0 saturated heterocycles. The molecule has 0 aromatic carbocycles. The number of esters is 2. The van der Waals surface area contributed by atoms with E-state index in [-0.39, 0.29) is 18.4 Å². The molecule has 5 nitrogen and oxygen atoms in total. The van der Waals surface area contributed by atoms with Crippen molar-refractivity contribution in [3.63, 3.8) is 0 Å². The highest BCUT2D eigenvalue weighted by Crippen LogP contribution is 2.55. The summed E-state index contributed by atoms with van der Waals surface area (Å²) in [4.78, 5) is 34.8. The highest BCUT2D eigenvalue weighted by molar-refractivity contribution is 5.86. The van der Waals surface area contributed by atoms with E-state index in [9.17, 15) is 14.4 Å². The SMILES string of the molecule is C=CC(=O)OCC(=O)OC12CC3CC(C1)C(=O)C(C3)C2. The molecule has 4 saturated carbocycles. The Morgan fingerprint density at radius 2 is 1.90 bits per heavy atom. The summed E-state index contributed by atoms with van der Waals surface area (Å²) in [6.07, 6.45) is 5.02. The van der Waals surface area contributed by atoms with Crippen molar-refractivity contribution in [1.29, 1.82) is 0 Å². The van der Waals surface area contributed by atoms with Crippen molar-refractivity contribution in [2.45, 2.75) is 37.7 Å². The number of hydrogen-bond donors (Lipinski definition) is 0. The maximum absolute atomic E-state index is 12.0. The molecule has 4 aliphatic rings. The Labute approximate surface area is 117 Å². The first-order chi connectivity index (χ1) is 9.51. The average Bonchev–Trinajstić information content (AvgIpc) is 2.40. The van der Waals surface area contributed by atoms with Crippen molar-refractivity contribution in [3.05, 3.63) is 12.7 Å². The summed E-state index contributed by atoms with van der Waals surface area (Å²) in [6, 6.07) is 0. The predicted molar refractivity (Wildman–Crippen MR) is 68.5 cm³/mol. The molecule has 4 rings (SSSR count). The second-order valence-electron chi connectivity index (χ2n) is 6.21. The van der Waals surface area contributed by atoms with Gasteiger partial charge in [0, 0.05) is 17.9 Å². The van der Waals surface area contributed by atoms with Crippen LogP contribution in [0.5, 0.6) is 0 Å². The number of rotatable bonds is 4. The van der Waals surface area contributed by atoms with Gasteiger partial charge in [0.2, 0.25) is 0 Å². The van der Waals surface area contributed by atoms with Crippen LogP contribution in [0.3, 0.4) is 0 Å². The Bertz CT molecular complexity index is 463. The Morgan fingerprint density at radius 3 is 2.50 bits per heavy atom. The van der Waals surface area contributed by atoms with Crippen LogP contribution in [0.4, 0.5) is 0 Å². The first-order valence-corrected chi connectivity index (χ1v) is 7.06. The first kappa shape index (κ1) is 13.3. The van der Waals surface area contributed by atoms with Gasteiger partial charge in [0.25, 0.3) is 0 Å². The number of ketones is 1. The van der Waals surface area contributed by atoms with Gasteiger partial charge in [-0.3, -0.25) is 4.79 Å². The normalized spacial score (nSPS) is 37.6. The minimum Gasteiger partial charge on any atom is -0.456 e. The number of hydrogen-bond acceptors (Lipinski definition) is 5. The number of carbonyl (C=O) groups is 3. The van der Waals surface area contributed by atoms with E-state index in [1.54, 1.807) is 0 Å². The van der Waals surface area contributed by atoms with E-state index < -0.39 is 17.5 Å². The van der Waals surface area contributed by atoms with Crippen LogP contribution in [0.15, 0.2) is 12.7 Å². The zero-order chi connectivity index (χ0) is 14.3. The predicted octanol–water partition coefficient (Wildman–Crippen LogP) is 1.41. The average molecular weight is 278 g/mol. The van der Waals surface area contributed by atoms with Crippen molar-refractivity contribution in [1.82, 2.24) is 0 Å². The van der Waals surface area contributed by atoms with Crippen molar-refractivity contribution in [2.24, 2.45) is 17.8 Å². The molecule has 0 aliphatic heterocycles. The van der Waals surface area contributed by atoms with Crippen molar-refractivity contribution < 1.29 is 23.9 Å². The maximum atomic E-state index is 12.0. The summed E-state index contributed by atoms with van der Waals surface area (Å²) in [7, 11) is 0. The van der Waals surface area contributed by atoms with Gasteiger partial charge in [0.05, 0.1) is 0 Å². The lowest BCUT2D eigenvalue weighted by Crippen LogP contribution is -2.57. The molecule has 0 radical (unpaired) electrons. The van der Waals surface area contributed by atoms with E-state index in [4.69, 9.17) is 4.74 Å². The number of Topliss-reactive ketones (excluding diaryl/α,β-unsaturated/α-hetero) is 1. The molecular weight excluding hydrogens is 260 g/mol. The van der Waals surface area contributed by atoms with Gasteiger partial charge in [-0.1, -0.05) is 6.58 Å². The molecule has 4 bridgehead atoms. The smallest absolute Gasteiger partial charge is 0.344 e. The highest BCUT2D eigenvalue weighted by atomic mass is 16.6. The summed E-state index contributed by atoms with van der Waals surface area (Å²) in [5.74, 6) is -0.203.